The molecular weight excluding hydrogens is 486 g/mol. The van der Waals surface area contributed by atoms with E-state index < -0.39 is 5.60 Å². The smallest absolute Gasteiger partial charge is 0.268 e. The number of aryl methyl sites for hydroxylation is 1. The summed E-state index contributed by atoms with van der Waals surface area (Å²) in [5.74, 6) is 2.16. The number of nitrogens with one attached hydrogen (secondary N) is 2. The van der Waals surface area contributed by atoms with Gasteiger partial charge in [0.2, 0.25) is 5.95 Å². The summed E-state index contributed by atoms with van der Waals surface area (Å²) in [6.45, 7) is 7.41. The lowest BCUT2D eigenvalue weighted by molar-refractivity contribution is 0.0630. The van der Waals surface area contributed by atoms with Crippen LogP contribution in [0.1, 0.15) is 67.1 Å². The van der Waals surface area contributed by atoms with Gasteiger partial charge in [0.1, 0.15) is 0 Å². The van der Waals surface area contributed by atoms with Crippen LogP contribution in [-0.2, 0) is 13.1 Å². The summed E-state index contributed by atoms with van der Waals surface area (Å²) < 4.78 is 7.46. The summed E-state index contributed by atoms with van der Waals surface area (Å²) in [5, 5.41) is 17.1. The molecule has 1 aliphatic carbocycles. The van der Waals surface area contributed by atoms with E-state index in [0.29, 0.717) is 29.0 Å². The molecule has 196 valence electrons. The predicted molar refractivity (Wildman–Crippen MR) is 147 cm³/mol. The molecule has 1 aromatic carbocycles. The molecule has 5 rings (SSSR count). The van der Waals surface area contributed by atoms with E-state index in [1.807, 2.05) is 16.7 Å². The zero-order valence-electron chi connectivity index (χ0n) is 21.7. The van der Waals surface area contributed by atoms with Gasteiger partial charge >= 0.3 is 0 Å². The Kier molecular flexibility index (Phi) is 7.46. The van der Waals surface area contributed by atoms with E-state index in [-0.39, 0.29) is 5.91 Å². The van der Waals surface area contributed by atoms with Gasteiger partial charge in [-0.05, 0) is 69.0 Å². The van der Waals surface area contributed by atoms with Gasteiger partial charge in [-0.25, -0.2) is 9.97 Å². The van der Waals surface area contributed by atoms with Crippen LogP contribution < -0.4 is 10.6 Å². The number of hydrogen-bond acceptors (Lipinski definition) is 7. The van der Waals surface area contributed by atoms with Crippen LogP contribution in [-0.4, -0.2) is 37.7 Å². The van der Waals surface area contributed by atoms with Crippen molar-refractivity contribution in [1.29, 1.82) is 0 Å². The molecule has 3 aromatic heterocycles. The topological polar surface area (TPSA) is 105 Å². The first-order chi connectivity index (χ1) is 17.7. The highest BCUT2D eigenvalue weighted by Crippen LogP contribution is 2.30. The Morgan fingerprint density at radius 3 is 2.76 bits per heavy atom. The third kappa shape index (κ3) is 6.29. The standard InChI is InChI=1S/C28H35N5O3S/c1-18-30-16-23(36-18)24-11-12-25(37-24)26(34)32-27-31-21-13-20(15-29-14-19-7-5-4-6-8-19)9-10-22(21)33(27)17-28(2,3)35/h9-13,16,19,29,35H,4-8,14-15,17H2,1-3H3,(H,31,32,34). The van der Waals surface area contributed by atoms with Crippen LogP contribution >= 0.6 is 11.3 Å². The second-order valence-corrected chi connectivity index (χ2v) is 11.7. The highest BCUT2D eigenvalue weighted by Gasteiger charge is 2.22. The van der Waals surface area contributed by atoms with E-state index in [0.717, 1.165) is 40.5 Å². The Morgan fingerprint density at radius 2 is 2.03 bits per heavy atom. The molecule has 9 heteroatoms. The molecule has 0 radical (unpaired) electrons. The van der Waals surface area contributed by atoms with Crippen molar-refractivity contribution in [2.75, 3.05) is 11.9 Å². The number of nitrogens with zero attached hydrogens (tertiary/aromatic N) is 3. The van der Waals surface area contributed by atoms with Crippen LogP contribution in [0.3, 0.4) is 0 Å². The molecule has 1 amide bonds. The lowest BCUT2D eigenvalue weighted by Gasteiger charge is -2.21. The number of benzene rings is 1. The SMILES string of the molecule is Cc1ncc(-c2ccc(C(=O)Nc3nc4cc(CNCC5CCCCC5)ccc4n3CC(C)(C)O)s2)o1. The fourth-order valence-corrected chi connectivity index (χ4v) is 5.82. The van der Waals surface area contributed by atoms with Gasteiger partial charge in [0.05, 0.1) is 39.1 Å². The van der Waals surface area contributed by atoms with Gasteiger partial charge < -0.3 is 19.4 Å². The van der Waals surface area contributed by atoms with Crippen LogP contribution in [0.25, 0.3) is 21.7 Å². The van der Waals surface area contributed by atoms with Crippen LogP contribution in [0, 0.1) is 12.8 Å². The minimum absolute atomic E-state index is 0.255. The van der Waals surface area contributed by atoms with E-state index in [2.05, 4.69) is 27.8 Å². The first-order valence-electron chi connectivity index (χ1n) is 13.0. The van der Waals surface area contributed by atoms with E-state index >= 15 is 0 Å². The predicted octanol–water partition coefficient (Wildman–Crippen LogP) is 5.75. The molecule has 0 unspecified atom stereocenters. The average Bonchev–Trinajstić information content (AvgIpc) is 3.58. The molecule has 0 saturated heterocycles. The molecule has 0 aliphatic heterocycles. The lowest BCUT2D eigenvalue weighted by atomic mass is 9.89. The van der Waals surface area contributed by atoms with E-state index in [1.54, 1.807) is 33.0 Å². The number of carbonyl (C=O) groups excluding carboxylic acids is 1. The molecule has 8 nitrogen and oxygen atoms in total. The van der Waals surface area contributed by atoms with E-state index in [1.165, 1.54) is 43.4 Å². The zero-order chi connectivity index (χ0) is 26.0. The van der Waals surface area contributed by atoms with Gasteiger partial charge in [-0.1, -0.05) is 25.3 Å². The van der Waals surface area contributed by atoms with Crippen molar-refractivity contribution in [2.45, 2.75) is 71.6 Å². The molecular formula is C28H35N5O3S. The van der Waals surface area contributed by atoms with Crippen LogP contribution in [0.15, 0.2) is 40.9 Å². The molecule has 0 atom stereocenters. The highest BCUT2D eigenvalue weighted by atomic mass is 32.1. The van der Waals surface area contributed by atoms with Crippen LogP contribution in [0.4, 0.5) is 5.95 Å². The number of amides is 1. The molecule has 3 N–H and O–H groups in total. The number of oxazole rings is 1. The van der Waals surface area contributed by atoms with Crippen molar-refractivity contribution < 1.29 is 14.3 Å². The second kappa shape index (κ2) is 10.8. The number of thiophene rings is 1. The fraction of sp³-hybridized carbons (Fsp3) is 0.464. The molecule has 1 aliphatic rings. The quantitative estimate of drug-likeness (QED) is 0.259. The maximum atomic E-state index is 13.1. The van der Waals surface area contributed by atoms with Crippen LogP contribution in [0.5, 0.6) is 0 Å². The Hall–Kier alpha value is -3.01. The minimum Gasteiger partial charge on any atom is -0.440 e. The van der Waals surface area contributed by atoms with E-state index in [9.17, 15) is 9.90 Å². The van der Waals surface area contributed by atoms with Gasteiger partial charge in [-0.15, -0.1) is 11.3 Å². The number of anilines is 1. The number of fused-ring (bicyclic) bond motifs is 1. The Balaban J connectivity index is 1.34. The van der Waals surface area contributed by atoms with Crippen molar-refractivity contribution in [2.24, 2.45) is 5.92 Å². The number of aromatic nitrogens is 3. The summed E-state index contributed by atoms with van der Waals surface area (Å²) in [6, 6.07) is 9.81. The van der Waals surface area contributed by atoms with E-state index in [4.69, 9.17) is 9.40 Å². The van der Waals surface area contributed by atoms with Gasteiger partial charge in [-0.2, -0.15) is 0 Å². The number of rotatable bonds is 9. The zero-order valence-corrected chi connectivity index (χ0v) is 22.5. The van der Waals surface area contributed by atoms with Gasteiger partial charge in [-0.3, -0.25) is 10.1 Å². The molecule has 4 aromatic rings. The van der Waals surface area contributed by atoms with Crippen molar-refractivity contribution in [3.8, 4) is 10.6 Å². The number of carbonyl (C=O) groups is 1. The minimum atomic E-state index is -0.979. The number of hydrogen-bond donors (Lipinski definition) is 3. The Bertz CT molecular complexity index is 1370. The van der Waals surface area contributed by atoms with Gasteiger partial charge in [0, 0.05) is 13.5 Å². The molecule has 1 fully saturated rings. The Labute approximate surface area is 221 Å². The van der Waals surface area contributed by atoms with Crippen molar-refractivity contribution in [1.82, 2.24) is 19.9 Å². The first kappa shape index (κ1) is 25.6. The molecule has 0 bridgehead atoms. The van der Waals surface area contributed by atoms with Gasteiger partial charge in [0.15, 0.2) is 11.7 Å². The van der Waals surface area contributed by atoms with Crippen LogP contribution in [0.2, 0.25) is 0 Å². The summed E-state index contributed by atoms with van der Waals surface area (Å²) in [6.07, 6.45) is 8.36. The van der Waals surface area contributed by atoms with Crippen molar-refractivity contribution in [3.05, 3.63) is 52.9 Å². The lowest BCUT2D eigenvalue weighted by Crippen LogP contribution is -2.27. The highest BCUT2D eigenvalue weighted by molar-refractivity contribution is 7.17. The Morgan fingerprint density at radius 1 is 1.22 bits per heavy atom. The molecule has 37 heavy (non-hydrogen) atoms. The fourth-order valence-electron chi connectivity index (χ4n) is 4.97. The average molecular weight is 522 g/mol. The second-order valence-electron chi connectivity index (χ2n) is 10.7. The summed E-state index contributed by atoms with van der Waals surface area (Å²) in [7, 11) is 0. The van der Waals surface area contributed by atoms with Crippen molar-refractivity contribution >= 4 is 34.2 Å². The summed E-state index contributed by atoms with van der Waals surface area (Å²) >= 11 is 1.34. The number of aliphatic hydroxyl groups is 1. The third-order valence-corrected chi connectivity index (χ3v) is 7.86. The molecule has 1 saturated carbocycles. The normalized spacial score (nSPS) is 14.9. The molecule has 0 spiro atoms. The maximum Gasteiger partial charge on any atom is 0.268 e. The molecule has 3 heterocycles. The van der Waals surface area contributed by atoms with Gasteiger partial charge in [0.25, 0.3) is 5.91 Å². The summed E-state index contributed by atoms with van der Waals surface area (Å²) in [5.41, 5.74) is 1.84. The third-order valence-electron chi connectivity index (χ3n) is 6.76. The largest absolute Gasteiger partial charge is 0.440 e. The monoisotopic (exact) mass is 521 g/mol. The van der Waals surface area contributed by atoms with Crippen molar-refractivity contribution in [3.63, 3.8) is 0 Å². The first-order valence-corrected chi connectivity index (χ1v) is 13.8. The summed E-state index contributed by atoms with van der Waals surface area (Å²) in [4.78, 5) is 23.4. The maximum absolute atomic E-state index is 13.1. The number of imidazole rings is 1.